The highest BCUT2D eigenvalue weighted by atomic mass is 79.9. The van der Waals surface area contributed by atoms with Crippen molar-refractivity contribution in [3.05, 3.63) is 16.6 Å². The molecule has 0 atom stereocenters. The number of hydrogen-bond donors (Lipinski definition) is 1. The lowest BCUT2D eigenvalue weighted by atomic mass is 10.4. The molecule has 0 unspecified atom stereocenters. The number of nitrogens with zero attached hydrogens (tertiary/aromatic N) is 1. The molecule has 0 amide bonds. The number of rotatable bonds is 1. The summed E-state index contributed by atoms with van der Waals surface area (Å²) < 4.78 is 5.62. The van der Waals surface area contributed by atoms with Crippen molar-refractivity contribution in [2.45, 2.75) is 0 Å². The Morgan fingerprint density at radius 1 is 1.60 bits per heavy atom. The van der Waals surface area contributed by atoms with Crippen molar-refractivity contribution in [1.82, 2.24) is 4.98 Å². The van der Waals surface area contributed by atoms with E-state index in [-0.39, 0.29) is 0 Å². The van der Waals surface area contributed by atoms with Crippen LogP contribution >= 0.6 is 15.9 Å². The number of ether oxygens (including phenoxy) is 1. The summed E-state index contributed by atoms with van der Waals surface area (Å²) in [6.07, 6.45) is 0. The molecule has 0 saturated carbocycles. The van der Waals surface area contributed by atoms with Gasteiger partial charge in [0.2, 0.25) is 5.88 Å². The van der Waals surface area contributed by atoms with E-state index < -0.39 is 0 Å². The zero-order valence-corrected chi connectivity index (χ0v) is 7.05. The van der Waals surface area contributed by atoms with Gasteiger partial charge in [-0.1, -0.05) is 0 Å². The SMILES string of the molecule is COc1ccc(Br)c(N)n1. The third-order valence-electron chi connectivity index (χ3n) is 1.06. The summed E-state index contributed by atoms with van der Waals surface area (Å²) in [6, 6.07) is 3.53. The van der Waals surface area contributed by atoms with E-state index in [1.807, 2.05) is 0 Å². The van der Waals surface area contributed by atoms with Gasteiger partial charge in [0.25, 0.3) is 0 Å². The second-order valence-electron chi connectivity index (χ2n) is 1.72. The molecule has 4 heteroatoms. The number of nitrogens with two attached hydrogens (primary N) is 1. The quantitative estimate of drug-likeness (QED) is 0.750. The third-order valence-corrected chi connectivity index (χ3v) is 1.73. The average molecular weight is 203 g/mol. The van der Waals surface area contributed by atoms with Crippen LogP contribution < -0.4 is 10.5 Å². The summed E-state index contributed by atoms with van der Waals surface area (Å²) in [5.74, 6) is 0.972. The number of halogens is 1. The number of pyridine rings is 1. The second-order valence-corrected chi connectivity index (χ2v) is 2.58. The second kappa shape index (κ2) is 2.88. The van der Waals surface area contributed by atoms with E-state index in [4.69, 9.17) is 10.5 Å². The van der Waals surface area contributed by atoms with Gasteiger partial charge in [0.1, 0.15) is 5.82 Å². The molecule has 0 bridgehead atoms. The van der Waals surface area contributed by atoms with Crippen LogP contribution in [0.4, 0.5) is 5.82 Å². The summed E-state index contributed by atoms with van der Waals surface area (Å²) in [6.45, 7) is 0. The minimum absolute atomic E-state index is 0.444. The maximum atomic E-state index is 5.46. The van der Waals surface area contributed by atoms with Gasteiger partial charge in [-0.05, 0) is 22.0 Å². The Hall–Kier alpha value is -0.770. The van der Waals surface area contributed by atoms with E-state index in [1.165, 1.54) is 0 Å². The first kappa shape index (κ1) is 7.34. The first-order chi connectivity index (χ1) is 4.74. The molecule has 0 aliphatic rings. The van der Waals surface area contributed by atoms with Crippen molar-refractivity contribution in [1.29, 1.82) is 0 Å². The summed E-state index contributed by atoms with van der Waals surface area (Å²) in [4.78, 5) is 3.90. The smallest absolute Gasteiger partial charge is 0.214 e. The van der Waals surface area contributed by atoms with Crippen LogP contribution in [0.5, 0.6) is 5.88 Å². The molecule has 1 aromatic heterocycles. The van der Waals surface area contributed by atoms with Gasteiger partial charge in [0, 0.05) is 6.07 Å². The summed E-state index contributed by atoms with van der Waals surface area (Å²) in [5, 5.41) is 0. The van der Waals surface area contributed by atoms with Crippen molar-refractivity contribution < 1.29 is 4.74 Å². The van der Waals surface area contributed by atoms with Gasteiger partial charge in [0.15, 0.2) is 0 Å². The summed E-state index contributed by atoms with van der Waals surface area (Å²) in [7, 11) is 1.55. The Labute approximate surface area is 67.3 Å². The van der Waals surface area contributed by atoms with Crippen LogP contribution in [0.15, 0.2) is 16.6 Å². The topological polar surface area (TPSA) is 48.1 Å². The molecule has 0 aliphatic heterocycles. The van der Waals surface area contributed by atoms with Crippen LogP contribution in [-0.2, 0) is 0 Å². The molecule has 0 aromatic carbocycles. The predicted molar refractivity (Wildman–Crippen MR) is 42.9 cm³/mol. The maximum absolute atomic E-state index is 5.46. The Bertz CT molecular complexity index is 239. The number of methoxy groups -OCH3 is 1. The monoisotopic (exact) mass is 202 g/mol. The predicted octanol–water partition coefficient (Wildman–Crippen LogP) is 1.43. The van der Waals surface area contributed by atoms with Gasteiger partial charge in [-0.25, -0.2) is 0 Å². The number of hydrogen-bond acceptors (Lipinski definition) is 3. The zero-order valence-electron chi connectivity index (χ0n) is 5.47. The molecule has 0 fully saturated rings. The van der Waals surface area contributed by atoms with Gasteiger partial charge in [-0.15, -0.1) is 0 Å². The fourth-order valence-corrected chi connectivity index (χ4v) is 0.774. The van der Waals surface area contributed by atoms with Crippen molar-refractivity contribution >= 4 is 21.7 Å². The molecule has 2 N–H and O–H groups in total. The van der Waals surface area contributed by atoms with E-state index in [0.29, 0.717) is 11.7 Å². The first-order valence-electron chi connectivity index (χ1n) is 2.70. The number of anilines is 1. The summed E-state index contributed by atoms with van der Waals surface area (Å²) in [5.41, 5.74) is 5.46. The molecule has 0 aliphatic carbocycles. The highest BCUT2D eigenvalue weighted by molar-refractivity contribution is 9.10. The number of aromatic nitrogens is 1. The van der Waals surface area contributed by atoms with E-state index in [0.717, 1.165) is 4.47 Å². The van der Waals surface area contributed by atoms with Crippen LogP contribution in [0, 0.1) is 0 Å². The zero-order chi connectivity index (χ0) is 7.56. The first-order valence-corrected chi connectivity index (χ1v) is 3.49. The minimum Gasteiger partial charge on any atom is -0.481 e. The molecule has 0 radical (unpaired) electrons. The molecular weight excluding hydrogens is 196 g/mol. The molecular formula is C6H7BrN2O. The van der Waals surface area contributed by atoms with Crippen LogP contribution in [0.2, 0.25) is 0 Å². The van der Waals surface area contributed by atoms with Crippen LogP contribution in [-0.4, -0.2) is 12.1 Å². The molecule has 54 valence electrons. The van der Waals surface area contributed by atoms with E-state index in [9.17, 15) is 0 Å². The Morgan fingerprint density at radius 3 is 2.80 bits per heavy atom. The van der Waals surface area contributed by atoms with Crippen LogP contribution in [0.3, 0.4) is 0 Å². The Kier molecular flexibility index (Phi) is 2.11. The van der Waals surface area contributed by atoms with Crippen molar-refractivity contribution in [3.8, 4) is 5.88 Å². The van der Waals surface area contributed by atoms with Crippen molar-refractivity contribution in [3.63, 3.8) is 0 Å². The van der Waals surface area contributed by atoms with Gasteiger partial charge in [-0.2, -0.15) is 4.98 Å². The average Bonchev–Trinajstić information content (AvgIpc) is 1.95. The lowest BCUT2D eigenvalue weighted by Gasteiger charge is -1.99. The van der Waals surface area contributed by atoms with E-state index in [1.54, 1.807) is 19.2 Å². The van der Waals surface area contributed by atoms with E-state index in [2.05, 4.69) is 20.9 Å². The van der Waals surface area contributed by atoms with Gasteiger partial charge < -0.3 is 10.5 Å². The fraction of sp³-hybridized carbons (Fsp3) is 0.167. The Balaban J connectivity index is 3.04. The molecule has 1 rings (SSSR count). The largest absolute Gasteiger partial charge is 0.481 e. The highest BCUT2D eigenvalue weighted by Crippen LogP contribution is 2.19. The molecule has 0 spiro atoms. The highest BCUT2D eigenvalue weighted by Gasteiger charge is 1.97. The molecule has 10 heavy (non-hydrogen) atoms. The normalized spacial score (nSPS) is 9.40. The minimum atomic E-state index is 0.444. The summed E-state index contributed by atoms with van der Waals surface area (Å²) >= 11 is 3.22. The van der Waals surface area contributed by atoms with Gasteiger partial charge >= 0.3 is 0 Å². The van der Waals surface area contributed by atoms with Crippen molar-refractivity contribution in [2.24, 2.45) is 0 Å². The van der Waals surface area contributed by atoms with Gasteiger partial charge in [0.05, 0.1) is 11.6 Å². The number of nitrogen functional groups attached to an aromatic ring is 1. The molecule has 0 saturated heterocycles. The maximum Gasteiger partial charge on any atom is 0.214 e. The molecule has 1 aromatic rings. The van der Waals surface area contributed by atoms with Crippen LogP contribution in [0.25, 0.3) is 0 Å². The van der Waals surface area contributed by atoms with Crippen LogP contribution in [0.1, 0.15) is 0 Å². The van der Waals surface area contributed by atoms with Crippen molar-refractivity contribution in [2.75, 3.05) is 12.8 Å². The fourth-order valence-electron chi connectivity index (χ4n) is 0.553. The Morgan fingerprint density at radius 2 is 2.30 bits per heavy atom. The van der Waals surface area contributed by atoms with Gasteiger partial charge in [-0.3, -0.25) is 0 Å². The lowest BCUT2D eigenvalue weighted by molar-refractivity contribution is 0.398. The van der Waals surface area contributed by atoms with E-state index >= 15 is 0 Å². The third kappa shape index (κ3) is 1.39. The molecule has 1 heterocycles. The lowest BCUT2D eigenvalue weighted by Crippen LogP contribution is -1.93. The standard InChI is InChI=1S/C6H7BrN2O/c1-10-5-3-2-4(7)6(8)9-5/h2-3H,1H3,(H2,8,9). The molecule has 3 nitrogen and oxygen atoms in total.